The minimum absolute atomic E-state index is 0.0428. The molecule has 5 nitrogen and oxygen atoms in total. The molecular weight excluding hydrogens is 369 g/mol. The second-order valence-corrected chi connectivity index (χ2v) is 6.41. The Kier molecular flexibility index (Phi) is 4.84. The van der Waals surface area contributed by atoms with Crippen LogP contribution in [0.15, 0.2) is 58.9 Å². The molecule has 1 atom stereocenters. The van der Waals surface area contributed by atoms with Crippen LogP contribution < -0.4 is 5.32 Å². The zero-order chi connectivity index (χ0) is 18.8. The van der Waals surface area contributed by atoms with E-state index in [4.69, 9.17) is 4.42 Å². The van der Waals surface area contributed by atoms with Gasteiger partial charge in [0.05, 0.1) is 24.6 Å². The van der Waals surface area contributed by atoms with E-state index in [2.05, 4.69) is 10.3 Å². The Morgan fingerprint density at radius 1 is 1.27 bits per heavy atom. The van der Waals surface area contributed by atoms with Gasteiger partial charge in [0.2, 0.25) is 0 Å². The van der Waals surface area contributed by atoms with Crippen molar-refractivity contribution in [2.24, 2.45) is 0 Å². The van der Waals surface area contributed by atoms with Gasteiger partial charge in [-0.3, -0.25) is 9.78 Å². The van der Waals surface area contributed by atoms with Crippen LogP contribution in [0.5, 0.6) is 0 Å². The molecule has 0 radical (unpaired) electrons. The predicted molar refractivity (Wildman–Crippen MR) is 87.6 cm³/mol. The molecule has 0 saturated heterocycles. The number of carbonyl (C=O) groups is 1. The number of halogens is 3. The van der Waals surface area contributed by atoms with Crippen LogP contribution in [0.4, 0.5) is 13.2 Å². The van der Waals surface area contributed by atoms with Crippen LogP contribution in [0.2, 0.25) is 0 Å². The van der Waals surface area contributed by atoms with Gasteiger partial charge in [-0.15, -0.1) is 11.3 Å². The average molecular weight is 382 g/mol. The molecule has 2 N–H and O–H groups in total. The average Bonchev–Trinajstić information content (AvgIpc) is 3.32. The topological polar surface area (TPSA) is 75.4 Å². The first kappa shape index (κ1) is 18.2. The third-order valence-corrected chi connectivity index (χ3v) is 4.77. The minimum Gasteiger partial charge on any atom is -0.472 e. The van der Waals surface area contributed by atoms with Gasteiger partial charge in [-0.05, 0) is 29.6 Å². The number of nitrogens with zero attached hydrogens (tertiary/aromatic N) is 1. The zero-order valence-electron chi connectivity index (χ0n) is 13.2. The Morgan fingerprint density at radius 3 is 2.62 bits per heavy atom. The first-order chi connectivity index (χ1) is 12.3. The molecule has 0 aliphatic rings. The van der Waals surface area contributed by atoms with E-state index in [0.717, 1.165) is 18.3 Å². The minimum atomic E-state index is -4.57. The Labute approximate surface area is 150 Å². The van der Waals surface area contributed by atoms with Gasteiger partial charge in [-0.1, -0.05) is 6.07 Å². The van der Waals surface area contributed by atoms with Crippen molar-refractivity contribution in [3.05, 3.63) is 76.1 Å². The van der Waals surface area contributed by atoms with E-state index < -0.39 is 23.4 Å². The van der Waals surface area contributed by atoms with Crippen LogP contribution >= 0.6 is 11.3 Å². The number of furan rings is 1. The molecule has 1 amide bonds. The summed E-state index contributed by atoms with van der Waals surface area (Å²) in [5, 5.41) is 15.4. The third-order valence-electron chi connectivity index (χ3n) is 3.75. The normalized spacial score (nSPS) is 14.0. The molecule has 1 unspecified atom stereocenters. The monoisotopic (exact) mass is 382 g/mol. The van der Waals surface area contributed by atoms with Crippen molar-refractivity contribution in [3.8, 4) is 0 Å². The highest BCUT2D eigenvalue weighted by Crippen LogP contribution is 2.32. The van der Waals surface area contributed by atoms with E-state index in [1.165, 1.54) is 23.9 Å². The maximum absolute atomic E-state index is 12.5. The Morgan fingerprint density at radius 2 is 2.08 bits per heavy atom. The van der Waals surface area contributed by atoms with Gasteiger partial charge in [0.15, 0.2) is 0 Å². The number of alkyl halides is 3. The van der Waals surface area contributed by atoms with Gasteiger partial charge in [0.1, 0.15) is 11.3 Å². The number of hydrogen-bond donors (Lipinski definition) is 2. The predicted octanol–water partition coefficient (Wildman–Crippen LogP) is 3.42. The summed E-state index contributed by atoms with van der Waals surface area (Å²) in [5.41, 5.74) is -2.19. The van der Waals surface area contributed by atoms with Gasteiger partial charge in [-0.2, -0.15) is 13.2 Å². The summed E-state index contributed by atoms with van der Waals surface area (Å²) >= 11 is 1.30. The van der Waals surface area contributed by atoms with Crippen LogP contribution in [0.1, 0.15) is 26.5 Å². The van der Waals surface area contributed by atoms with Crippen LogP contribution in [-0.2, 0) is 11.8 Å². The highest BCUT2D eigenvalue weighted by atomic mass is 32.1. The fourth-order valence-corrected chi connectivity index (χ4v) is 3.20. The van der Waals surface area contributed by atoms with Gasteiger partial charge < -0.3 is 14.8 Å². The van der Waals surface area contributed by atoms with Crippen LogP contribution in [0.25, 0.3) is 0 Å². The Balaban J connectivity index is 1.76. The summed E-state index contributed by atoms with van der Waals surface area (Å²) in [4.78, 5) is 16.1. The van der Waals surface area contributed by atoms with Crippen molar-refractivity contribution in [3.63, 3.8) is 0 Å². The van der Waals surface area contributed by atoms with E-state index in [1.807, 2.05) is 0 Å². The Bertz CT molecular complexity index is 826. The first-order valence-electron chi connectivity index (χ1n) is 7.41. The van der Waals surface area contributed by atoms with Gasteiger partial charge in [-0.25, -0.2) is 0 Å². The van der Waals surface area contributed by atoms with E-state index in [0.29, 0.717) is 10.4 Å². The molecule has 3 rings (SSSR count). The molecule has 3 heterocycles. The van der Waals surface area contributed by atoms with E-state index in [9.17, 15) is 23.1 Å². The molecule has 0 saturated carbocycles. The lowest BCUT2D eigenvalue weighted by atomic mass is 9.94. The molecule has 3 aromatic rings. The summed E-state index contributed by atoms with van der Waals surface area (Å²) in [6, 6.07) is 6.81. The number of thiophene rings is 1. The number of aromatic nitrogens is 1. The van der Waals surface area contributed by atoms with E-state index >= 15 is 0 Å². The van der Waals surface area contributed by atoms with Crippen LogP contribution in [-0.4, -0.2) is 22.5 Å². The molecule has 9 heteroatoms. The van der Waals surface area contributed by atoms with Crippen molar-refractivity contribution in [2.75, 3.05) is 6.54 Å². The van der Waals surface area contributed by atoms with Crippen LogP contribution in [0.3, 0.4) is 0 Å². The number of pyridine rings is 1. The lowest BCUT2D eigenvalue weighted by molar-refractivity contribution is -0.141. The maximum atomic E-state index is 12.5. The number of nitrogens with one attached hydrogen (secondary N) is 1. The Hall–Kier alpha value is -2.65. The lowest BCUT2D eigenvalue weighted by Crippen LogP contribution is -2.41. The summed E-state index contributed by atoms with van der Waals surface area (Å²) in [5.74, 6) is -0.648. The fraction of sp³-hybridized carbons (Fsp3) is 0.176. The number of hydrogen-bond acceptors (Lipinski definition) is 5. The highest BCUT2D eigenvalue weighted by molar-refractivity contribution is 7.10. The van der Waals surface area contributed by atoms with Crippen molar-refractivity contribution in [1.82, 2.24) is 10.3 Å². The molecule has 0 spiro atoms. The molecule has 3 aromatic heterocycles. The van der Waals surface area contributed by atoms with E-state index in [1.54, 1.807) is 23.6 Å². The first-order valence-corrected chi connectivity index (χ1v) is 8.29. The number of aliphatic hydroxyl groups is 1. The number of amides is 1. The molecule has 0 aromatic carbocycles. The van der Waals surface area contributed by atoms with Crippen molar-refractivity contribution >= 4 is 17.2 Å². The van der Waals surface area contributed by atoms with E-state index in [-0.39, 0.29) is 12.1 Å². The molecule has 26 heavy (non-hydrogen) atoms. The summed E-state index contributed by atoms with van der Waals surface area (Å²) in [6.07, 6.45) is -0.961. The van der Waals surface area contributed by atoms with Crippen LogP contribution in [0, 0.1) is 0 Å². The number of rotatable bonds is 5. The van der Waals surface area contributed by atoms with Gasteiger partial charge in [0.25, 0.3) is 5.91 Å². The molecule has 136 valence electrons. The van der Waals surface area contributed by atoms with Crippen molar-refractivity contribution in [2.45, 2.75) is 11.8 Å². The van der Waals surface area contributed by atoms with Crippen molar-refractivity contribution < 1.29 is 27.5 Å². The van der Waals surface area contributed by atoms with Crippen molar-refractivity contribution in [1.29, 1.82) is 0 Å². The second kappa shape index (κ2) is 6.93. The molecule has 0 aliphatic heterocycles. The molecule has 0 fully saturated rings. The van der Waals surface area contributed by atoms with Gasteiger partial charge >= 0.3 is 6.18 Å². The summed E-state index contributed by atoms with van der Waals surface area (Å²) in [7, 11) is 0. The quantitative estimate of drug-likeness (QED) is 0.709. The summed E-state index contributed by atoms with van der Waals surface area (Å²) < 4.78 is 42.6. The molecule has 0 bridgehead atoms. The second-order valence-electron chi connectivity index (χ2n) is 5.46. The molecular formula is C17H13F3N2O3S. The van der Waals surface area contributed by atoms with Gasteiger partial charge in [0, 0.05) is 16.6 Å². The molecule has 0 aliphatic carbocycles. The smallest absolute Gasteiger partial charge is 0.433 e. The fourth-order valence-electron chi connectivity index (χ4n) is 2.35. The largest absolute Gasteiger partial charge is 0.472 e. The standard InChI is InChI=1S/C17H13F3N2O3S/c18-17(19,20)13-4-3-11(8-21-13)15(23)22-10-16(24,12-5-6-25-9-12)14-2-1-7-26-14/h1-9,24H,10H2,(H,22,23). The number of carbonyl (C=O) groups excluding carboxylic acids is 1. The lowest BCUT2D eigenvalue weighted by Gasteiger charge is -2.26. The maximum Gasteiger partial charge on any atom is 0.433 e. The third kappa shape index (κ3) is 3.63. The zero-order valence-corrected chi connectivity index (χ0v) is 14.0. The highest BCUT2D eigenvalue weighted by Gasteiger charge is 2.35. The summed E-state index contributed by atoms with van der Waals surface area (Å²) in [6.45, 7) is -0.188. The SMILES string of the molecule is O=C(NCC(O)(c1ccoc1)c1cccs1)c1ccc(C(F)(F)F)nc1.